The third-order valence-electron chi connectivity index (χ3n) is 6.57. The minimum absolute atomic E-state index is 0.115. The van der Waals surface area contributed by atoms with Crippen molar-refractivity contribution in [1.29, 1.82) is 0 Å². The average Bonchev–Trinajstić information content (AvgIpc) is 3.21. The maximum absolute atomic E-state index is 13.1. The van der Waals surface area contributed by atoms with Crippen molar-refractivity contribution in [2.75, 3.05) is 13.2 Å². The predicted molar refractivity (Wildman–Crippen MR) is 110 cm³/mol. The predicted octanol–water partition coefficient (Wildman–Crippen LogP) is 3.32. The van der Waals surface area contributed by atoms with Gasteiger partial charge in [-0.2, -0.15) is 0 Å². The molecular weight excluding hydrogens is 352 g/mol. The van der Waals surface area contributed by atoms with Crippen molar-refractivity contribution in [1.82, 2.24) is 10.2 Å². The highest BCUT2D eigenvalue weighted by atomic mass is 16.5. The molecule has 5 nitrogen and oxygen atoms in total. The smallest absolute Gasteiger partial charge is 0.323 e. The minimum Gasteiger partial charge on any atom is -0.465 e. The van der Waals surface area contributed by atoms with E-state index in [-0.39, 0.29) is 17.3 Å². The number of aryl methyl sites for hydroxylation is 1. The van der Waals surface area contributed by atoms with Gasteiger partial charge in [-0.25, -0.2) is 0 Å². The lowest BCUT2D eigenvalue weighted by atomic mass is 9.85. The Balaban J connectivity index is 1.62. The minimum atomic E-state index is -0.475. The molecule has 1 aliphatic carbocycles. The Morgan fingerprint density at radius 2 is 2.04 bits per heavy atom. The van der Waals surface area contributed by atoms with Crippen LogP contribution in [0.4, 0.5) is 0 Å². The van der Waals surface area contributed by atoms with Gasteiger partial charge in [0.05, 0.1) is 12.6 Å². The Kier molecular flexibility index (Phi) is 6.76. The van der Waals surface area contributed by atoms with E-state index in [1.54, 1.807) is 0 Å². The largest absolute Gasteiger partial charge is 0.465 e. The first-order valence-electron chi connectivity index (χ1n) is 10.7. The van der Waals surface area contributed by atoms with E-state index < -0.39 is 12.1 Å². The molecule has 1 saturated heterocycles. The maximum atomic E-state index is 13.1. The highest BCUT2D eigenvalue weighted by molar-refractivity contribution is 5.84. The van der Waals surface area contributed by atoms with Crippen LogP contribution < -0.4 is 5.32 Å². The third-order valence-corrected chi connectivity index (χ3v) is 6.57. The zero-order chi connectivity index (χ0) is 20.1. The van der Waals surface area contributed by atoms with Crippen molar-refractivity contribution in [2.24, 2.45) is 5.41 Å². The first-order valence-corrected chi connectivity index (χ1v) is 10.7. The van der Waals surface area contributed by atoms with Crippen molar-refractivity contribution in [3.8, 4) is 0 Å². The quantitative estimate of drug-likeness (QED) is 0.697. The summed E-state index contributed by atoms with van der Waals surface area (Å²) in [6, 6.07) is 9.59. The molecule has 154 valence electrons. The Bertz CT molecular complexity index is 678. The summed E-state index contributed by atoms with van der Waals surface area (Å²) in [5, 5.41) is 3.28. The number of ether oxygens (including phenoxy) is 1. The number of hydrogen-bond acceptors (Lipinski definition) is 4. The summed E-state index contributed by atoms with van der Waals surface area (Å²) in [5.41, 5.74) is 1.46. The van der Waals surface area contributed by atoms with E-state index in [1.165, 1.54) is 18.4 Å². The summed E-state index contributed by atoms with van der Waals surface area (Å²) >= 11 is 0. The van der Waals surface area contributed by atoms with E-state index in [4.69, 9.17) is 4.74 Å². The van der Waals surface area contributed by atoms with Crippen LogP contribution in [0, 0.1) is 5.41 Å². The fourth-order valence-corrected chi connectivity index (χ4v) is 4.92. The second-order valence-electron chi connectivity index (χ2n) is 8.56. The molecule has 1 N–H and O–H groups in total. The van der Waals surface area contributed by atoms with Crippen LogP contribution in [-0.2, 0) is 20.7 Å². The summed E-state index contributed by atoms with van der Waals surface area (Å²) in [6.07, 6.45) is 5.99. The Hall–Kier alpha value is -1.88. The molecule has 0 unspecified atom stereocenters. The molecule has 1 amide bonds. The number of rotatable bonds is 8. The van der Waals surface area contributed by atoms with Gasteiger partial charge in [-0.15, -0.1) is 0 Å². The van der Waals surface area contributed by atoms with Gasteiger partial charge in [-0.3, -0.25) is 14.9 Å². The number of likely N-dealkylation sites (tertiary alicyclic amines) is 1. The van der Waals surface area contributed by atoms with E-state index in [0.717, 1.165) is 25.8 Å². The molecule has 4 atom stereocenters. The van der Waals surface area contributed by atoms with E-state index in [0.29, 0.717) is 19.1 Å². The third kappa shape index (κ3) is 4.57. The summed E-state index contributed by atoms with van der Waals surface area (Å²) in [6.45, 7) is 7.18. The summed E-state index contributed by atoms with van der Waals surface area (Å²) in [7, 11) is 0. The number of nitrogens with zero attached hydrogens (tertiary/aromatic N) is 1. The molecule has 2 fully saturated rings. The molecule has 1 aromatic rings. The van der Waals surface area contributed by atoms with E-state index >= 15 is 0 Å². The molecule has 0 spiro atoms. The molecule has 5 heteroatoms. The van der Waals surface area contributed by atoms with E-state index in [9.17, 15) is 9.59 Å². The number of fused-ring (bicyclic) bond motifs is 1. The van der Waals surface area contributed by atoms with Gasteiger partial charge in [0.2, 0.25) is 5.91 Å². The molecule has 0 bridgehead atoms. The van der Waals surface area contributed by atoms with Crippen molar-refractivity contribution in [3.05, 3.63) is 35.9 Å². The fraction of sp³-hybridized carbons (Fsp3) is 0.652. The molecule has 1 heterocycles. The highest BCUT2D eigenvalue weighted by Crippen LogP contribution is 2.48. The molecule has 2 aliphatic rings. The Labute approximate surface area is 168 Å². The van der Waals surface area contributed by atoms with Gasteiger partial charge in [0.15, 0.2) is 0 Å². The van der Waals surface area contributed by atoms with Crippen molar-refractivity contribution < 1.29 is 14.3 Å². The van der Waals surface area contributed by atoms with Crippen LogP contribution in [0.25, 0.3) is 0 Å². The SMILES string of the molecule is CCOC(=O)[C@H](CCc1ccccc1)N[C@@H](C)C(=O)N1CC[C@]2(C)CCC[C@H]12. The number of esters is 1. The van der Waals surface area contributed by atoms with Crippen LogP contribution >= 0.6 is 0 Å². The zero-order valence-corrected chi connectivity index (χ0v) is 17.4. The molecule has 1 aromatic carbocycles. The normalized spacial score (nSPS) is 26.0. The molecule has 0 aromatic heterocycles. The first kappa shape index (κ1) is 20.8. The van der Waals surface area contributed by atoms with Gasteiger partial charge in [0.25, 0.3) is 0 Å². The van der Waals surface area contributed by atoms with Crippen molar-refractivity contribution >= 4 is 11.9 Å². The van der Waals surface area contributed by atoms with Crippen molar-refractivity contribution in [3.63, 3.8) is 0 Å². The number of hydrogen-bond donors (Lipinski definition) is 1. The second-order valence-corrected chi connectivity index (χ2v) is 8.56. The molecule has 0 radical (unpaired) electrons. The Morgan fingerprint density at radius 3 is 2.75 bits per heavy atom. The van der Waals surface area contributed by atoms with Gasteiger partial charge < -0.3 is 9.64 Å². The molecule has 3 rings (SSSR count). The fourth-order valence-electron chi connectivity index (χ4n) is 4.92. The molecule has 1 saturated carbocycles. The number of carbonyl (C=O) groups is 2. The standard InChI is InChI=1S/C23H34N2O3/c1-4-28-22(27)19(13-12-18-9-6-5-7-10-18)24-17(2)21(26)25-16-15-23(3)14-8-11-20(23)25/h5-7,9-10,17,19-20,24H,4,8,11-16H2,1-3H3/t17-,19-,20-,23-/m0/s1. The van der Waals surface area contributed by atoms with Crippen molar-refractivity contribution in [2.45, 2.75) is 77.4 Å². The number of carbonyl (C=O) groups excluding carboxylic acids is 2. The molecule has 28 heavy (non-hydrogen) atoms. The molecule has 1 aliphatic heterocycles. The number of amides is 1. The first-order chi connectivity index (χ1) is 13.4. The lowest BCUT2D eigenvalue weighted by Crippen LogP contribution is -2.52. The zero-order valence-electron chi connectivity index (χ0n) is 17.4. The summed E-state index contributed by atoms with van der Waals surface area (Å²) in [4.78, 5) is 27.7. The van der Waals surface area contributed by atoms with Crippen LogP contribution in [0.2, 0.25) is 0 Å². The van der Waals surface area contributed by atoms with E-state index in [2.05, 4.69) is 29.3 Å². The number of benzene rings is 1. The topological polar surface area (TPSA) is 58.6 Å². The van der Waals surface area contributed by atoms with Crippen LogP contribution in [0.5, 0.6) is 0 Å². The Morgan fingerprint density at radius 1 is 1.29 bits per heavy atom. The van der Waals surface area contributed by atoms with Crippen LogP contribution in [0.15, 0.2) is 30.3 Å². The second kappa shape index (κ2) is 9.08. The van der Waals surface area contributed by atoms with Crippen LogP contribution in [-0.4, -0.2) is 48.1 Å². The average molecular weight is 387 g/mol. The lowest BCUT2D eigenvalue weighted by molar-refractivity contribution is -0.146. The van der Waals surface area contributed by atoms with E-state index in [1.807, 2.05) is 32.0 Å². The highest BCUT2D eigenvalue weighted by Gasteiger charge is 2.49. The molecular formula is C23H34N2O3. The number of nitrogens with one attached hydrogen (secondary N) is 1. The lowest BCUT2D eigenvalue weighted by Gasteiger charge is -2.32. The van der Waals surface area contributed by atoms with Crippen LogP contribution in [0.3, 0.4) is 0 Å². The van der Waals surface area contributed by atoms with Gasteiger partial charge in [-0.05, 0) is 56.9 Å². The maximum Gasteiger partial charge on any atom is 0.323 e. The van der Waals surface area contributed by atoms with Gasteiger partial charge in [0, 0.05) is 12.6 Å². The van der Waals surface area contributed by atoms with Gasteiger partial charge in [-0.1, -0.05) is 43.7 Å². The monoisotopic (exact) mass is 386 g/mol. The summed E-state index contributed by atoms with van der Waals surface area (Å²) < 4.78 is 5.26. The van der Waals surface area contributed by atoms with Gasteiger partial charge >= 0.3 is 5.97 Å². The summed E-state index contributed by atoms with van der Waals surface area (Å²) in [5.74, 6) is -0.158. The van der Waals surface area contributed by atoms with Crippen LogP contribution in [0.1, 0.15) is 58.4 Å². The van der Waals surface area contributed by atoms with Gasteiger partial charge in [0.1, 0.15) is 6.04 Å².